The lowest BCUT2D eigenvalue weighted by Gasteiger charge is -2.22. The fourth-order valence-electron chi connectivity index (χ4n) is 2.49. The second-order valence-corrected chi connectivity index (χ2v) is 8.26. The first-order valence-corrected chi connectivity index (χ1v) is 9.35. The van der Waals surface area contributed by atoms with Crippen molar-refractivity contribution in [3.05, 3.63) is 16.6 Å². The van der Waals surface area contributed by atoms with Gasteiger partial charge in [0.05, 0.1) is 11.8 Å². The van der Waals surface area contributed by atoms with E-state index in [0.717, 1.165) is 0 Å². The number of hydrogen-bond donors (Lipinski definition) is 1. The van der Waals surface area contributed by atoms with Gasteiger partial charge in [-0.05, 0) is 14.1 Å². The molecule has 1 N–H and O–H groups in total. The largest absolute Gasteiger partial charge is 0.346 e. The van der Waals surface area contributed by atoms with Crippen LogP contribution in [-0.4, -0.2) is 74.5 Å². The molecule has 0 aliphatic carbocycles. The highest BCUT2D eigenvalue weighted by molar-refractivity contribution is 7.88. The molecule has 2 atom stereocenters. The highest BCUT2D eigenvalue weighted by Crippen LogP contribution is 2.20. The van der Waals surface area contributed by atoms with Gasteiger partial charge in [-0.2, -0.15) is 4.31 Å². The molecule has 2 heterocycles. The molecule has 1 amide bonds. The highest BCUT2D eigenvalue weighted by atomic mass is 32.2. The summed E-state index contributed by atoms with van der Waals surface area (Å²) in [6, 6.07) is -0.198. The minimum Gasteiger partial charge on any atom is -0.346 e. The number of carbonyl (C=O) groups is 1. The minimum absolute atomic E-state index is 0.0670. The van der Waals surface area contributed by atoms with Crippen LogP contribution in [0.15, 0.2) is 10.9 Å². The monoisotopic (exact) mass is 332 g/mol. The summed E-state index contributed by atoms with van der Waals surface area (Å²) in [5.41, 5.74) is 1.98. The van der Waals surface area contributed by atoms with Crippen molar-refractivity contribution in [2.45, 2.75) is 6.04 Å². The Hall–Kier alpha value is -1.03. The van der Waals surface area contributed by atoms with Crippen molar-refractivity contribution < 1.29 is 13.2 Å². The van der Waals surface area contributed by atoms with Crippen LogP contribution < -0.4 is 5.32 Å². The van der Waals surface area contributed by atoms with Gasteiger partial charge in [0.2, 0.25) is 10.0 Å². The van der Waals surface area contributed by atoms with Crippen molar-refractivity contribution in [3.8, 4) is 0 Å². The number of amides is 1. The molecule has 1 aromatic heterocycles. The first-order chi connectivity index (χ1) is 9.77. The molecule has 7 nitrogen and oxygen atoms in total. The fraction of sp³-hybridized carbons (Fsp3) is 0.667. The molecular formula is C12H20N4O3S2. The van der Waals surface area contributed by atoms with E-state index in [9.17, 15) is 13.2 Å². The fourth-order valence-corrected chi connectivity index (χ4v) is 3.91. The third-order valence-electron chi connectivity index (χ3n) is 3.46. The quantitative estimate of drug-likeness (QED) is 0.800. The van der Waals surface area contributed by atoms with Gasteiger partial charge >= 0.3 is 0 Å². The van der Waals surface area contributed by atoms with Gasteiger partial charge in [-0.1, -0.05) is 0 Å². The molecule has 1 aliphatic heterocycles. The zero-order chi connectivity index (χ0) is 15.6. The Morgan fingerprint density at radius 2 is 2.24 bits per heavy atom. The van der Waals surface area contributed by atoms with Crippen molar-refractivity contribution in [1.82, 2.24) is 19.5 Å². The predicted molar refractivity (Wildman–Crippen MR) is 81.8 cm³/mol. The smallest absolute Gasteiger partial charge is 0.271 e. The molecule has 0 spiro atoms. The van der Waals surface area contributed by atoms with Crippen molar-refractivity contribution in [2.75, 3.05) is 40.0 Å². The number of thiazole rings is 1. The summed E-state index contributed by atoms with van der Waals surface area (Å²) < 4.78 is 24.9. The van der Waals surface area contributed by atoms with E-state index in [0.29, 0.717) is 25.3 Å². The van der Waals surface area contributed by atoms with Crippen molar-refractivity contribution in [2.24, 2.45) is 5.92 Å². The highest BCUT2D eigenvalue weighted by Gasteiger charge is 2.38. The van der Waals surface area contributed by atoms with Crippen LogP contribution >= 0.6 is 11.3 Å². The summed E-state index contributed by atoms with van der Waals surface area (Å²) in [6.45, 7) is 1.46. The van der Waals surface area contributed by atoms with Gasteiger partial charge in [-0.25, -0.2) is 13.4 Å². The van der Waals surface area contributed by atoms with Gasteiger partial charge in [0, 0.05) is 37.0 Å². The van der Waals surface area contributed by atoms with E-state index in [1.807, 2.05) is 19.0 Å². The molecule has 1 saturated heterocycles. The van der Waals surface area contributed by atoms with E-state index in [1.54, 1.807) is 10.9 Å². The van der Waals surface area contributed by atoms with Crippen LogP contribution in [0, 0.1) is 5.92 Å². The SMILES string of the molecule is CN(C)C[C@@H]1CN(S(C)(=O)=O)C[C@H]1NC(=O)c1cscn1. The number of nitrogens with zero attached hydrogens (tertiary/aromatic N) is 3. The maximum Gasteiger partial charge on any atom is 0.271 e. The summed E-state index contributed by atoms with van der Waals surface area (Å²) in [4.78, 5) is 18.1. The van der Waals surface area contributed by atoms with Crippen molar-refractivity contribution in [3.63, 3.8) is 0 Å². The molecular weight excluding hydrogens is 312 g/mol. The van der Waals surface area contributed by atoms with Crippen LogP contribution in [0.5, 0.6) is 0 Å². The Morgan fingerprint density at radius 3 is 2.76 bits per heavy atom. The van der Waals surface area contributed by atoms with E-state index < -0.39 is 10.0 Å². The maximum atomic E-state index is 12.1. The number of nitrogens with one attached hydrogen (secondary N) is 1. The summed E-state index contributed by atoms with van der Waals surface area (Å²) >= 11 is 1.36. The van der Waals surface area contributed by atoms with Crippen LogP contribution in [0.3, 0.4) is 0 Å². The molecule has 0 radical (unpaired) electrons. The molecule has 0 unspecified atom stereocenters. The molecule has 0 bridgehead atoms. The zero-order valence-electron chi connectivity index (χ0n) is 12.3. The van der Waals surface area contributed by atoms with Gasteiger partial charge < -0.3 is 10.2 Å². The minimum atomic E-state index is -3.24. The summed E-state index contributed by atoms with van der Waals surface area (Å²) in [5.74, 6) is -0.183. The van der Waals surface area contributed by atoms with Gasteiger partial charge in [0.25, 0.3) is 5.91 Å². The molecule has 0 saturated carbocycles. The molecule has 9 heteroatoms. The lowest BCUT2D eigenvalue weighted by molar-refractivity contribution is 0.0923. The number of sulfonamides is 1. The number of rotatable bonds is 5. The van der Waals surface area contributed by atoms with Crippen LogP contribution in [0.1, 0.15) is 10.5 Å². The number of hydrogen-bond acceptors (Lipinski definition) is 6. The Kier molecular flexibility index (Phi) is 4.97. The third kappa shape index (κ3) is 4.22. The summed E-state index contributed by atoms with van der Waals surface area (Å²) in [5, 5.41) is 4.59. The van der Waals surface area contributed by atoms with Crippen molar-refractivity contribution >= 4 is 27.3 Å². The Labute approximate surface area is 129 Å². The topological polar surface area (TPSA) is 82.6 Å². The van der Waals surface area contributed by atoms with E-state index in [1.165, 1.54) is 21.9 Å². The standard InChI is InChI=1S/C12H20N4O3S2/c1-15(2)4-9-5-16(21(3,18)19)6-10(9)14-12(17)11-7-20-8-13-11/h7-10H,4-6H2,1-3H3,(H,14,17)/t9-,10-/m1/s1. The summed E-state index contributed by atoms with van der Waals surface area (Å²) in [7, 11) is 0.622. The van der Waals surface area contributed by atoms with Gasteiger partial charge in [-0.3, -0.25) is 4.79 Å². The molecule has 0 aromatic carbocycles. The summed E-state index contributed by atoms with van der Waals surface area (Å²) in [6.07, 6.45) is 1.20. The zero-order valence-corrected chi connectivity index (χ0v) is 13.9. The normalized spacial score (nSPS) is 23.6. The Morgan fingerprint density at radius 1 is 1.52 bits per heavy atom. The van der Waals surface area contributed by atoms with Gasteiger partial charge in [0.15, 0.2) is 0 Å². The van der Waals surface area contributed by atoms with E-state index in [2.05, 4.69) is 10.3 Å². The van der Waals surface area contributed by atoms with Crippen LogP contribution in [0.25, 0.3) is 0 Å². The van der Waals surface area contributed by atoms with Gasteiger partial charge in [-0.15, -0.1) is 11.3 Å². The van der Waals surface area contributed by atoms with Crippen LogP contribution in [-0.2, 0) is 10.0 Å². The molecule has 1 aliphatic rings. The van der Waals surface area contributed by atoms with Gasteiger partial charge in [0.1, 0.15) is 5.69 Å². The first kappa shape index (κ1) is 16.3. The van der Waals surface area contributed by atoms with Crippen molar-refractivity contribution in [1.29, 1.82) is 0 Å². The number of carbonyl (C=O) groups excluding carboxylic acids is 1. The van der Waals surface area contributed by atoms with E-state index in [-0.39, 0.29) is 17.9 Å². The first-order valence-electron chi connectivity index (χ1n) is 6.56. The molecule has 21 heavy (non-hydrogen) atoms. The molecule has 1 aromatic rings. The van der Waals surface area contributed by atoms with E-state index in [4.69, 9.17) is 0 Å². The van der Waals surface area contributed by atoms with Crippen LogP contribution in [0.4, 0.5) is 0 Å². The Bertz CT molecular complexity index is 586. The molecule has 1 fully saturated rings. The third-order valence-corrected chi connectivity index (χ3v) is 5.28. The average molecular weight is 332 g/mol. The maximum absolute atomic E-state index is 12.1. The second-order valence-electron chi connectivity index (χ2n) is 5.56. The predicted octanol–water partition coefficient (Wildman–Crippen LogP) is -0.305. The molecule has 2 rings (SSSR count). The molecule has 118 valence electrons. The number of aromatic nitrogens is 1. The average Bonchev–Trinajstić information content (AvgIpc) is 2.97. The van der Waals surface area contributed by atoms with Crippen LogP contribution in [0.2, 0.25) is 0 Å². The van der Waals surface area contributed by atoms with E-state index >= 15 is 0 Å². The second kappa shape index (κ2) is 6.39. The Balaban J connectivity index is 2.09. The lowest BCUT2D eigenvalue weighted by Crippen LogP contribution is -2.43. The lowest BCUT2D eigenvalue weighted by atomic mass is 10.0.